The third-order valence-electron chi connectivity index (χ3n) is 2.69. The van der Waals surface area contributed by atoms with Gasteiger partial charge < -0.3 is 5.32 Å². The van der Waals surface area contributed by atoms with Crippen LogP contribution in [0.5, 0.6) is 0 Å². The number of anilines is 1. The summed E-state index contributed by atoms with van der Waals surface area (Å²) in [6, 6.07) is 9.99. The maximum absolute atomic E-state index is 6.15. The van der Waals surface area contributed by atoms with E-state index in [0.29, 0.717) is 6.54 Å². The molecule has 88 valence electrons. The van der Waals surface area contributed by atoms with Crippen LogP contribution in [-0.2, 0) is 6.54 Å². The van der Waals surface area contributed by atoms with Gasteiger partial charge in [-0.05, 0) is 43.2 Å². The number of benzene rings is 1. The highest BCUT2D eigenvalue weighted by Crippen LogP contribution is 2.23. The highest BCUT2D eigenvalue weighted by Gasteiger charge is 2.02. The highest BCUT2D eigenvalue weighted by atomic mass is 35.5. The summed E-state index contributed by atoms with van der Waals surface area (Å²) in [4.78, 5) is 4.33. The molecule has 0 aliphatic carbocycles. The van der Waals surface area contributed by atoms with Crippen molar-refractivity contribution < 1.29 is 0 Å². The summed E-state index contributed by atoms with van der Waals surface area (Å²) in [5.74, 6) is 0. The van der Waals surface area contributed by atoms with Crippen molar-refractivity contribution in [2.45, 2.75) is 20.4 Å². The van der Waals surface area contributed by atoms with Gasteiger partial charge in [-0.25, -0.2) is 0 Å². The lowest BCUT2D eigenvalue weighted by Gasteiger charge is -2.10. The number of hydrogen-bond acceptors (Lipinski definition) is 2. The molecule has 0 saturated carbocycles. The Hall–Kier alpha value is -1.54. The van der Waals surface area contributed by atoms with E-state index in [0.717, 1.165) is 22.0 Å². The lowest BCUT2D eigenvalue weighted by atomic mass is 10.2. The molecule has 0 radical (unpaired) electrons. The van der Waals surface area contributed by atoms with Crippen molar-refractivity contribution in [1.29, 1.82) is 0 Å². The first-order valence-corrected chi connectivity index (χ1v) is 5.95. The Labute approximate surface area is 107 Å². The highest BCUT2D eigenvalue weighted by molar-refractivity contribution is 6.33. The first-order valence-electron chi connectivity index (χ1n) is 5.57. The van der Waals surface area contributed by atoms with Crippen LogP contribution in [0.3, 0.4) is 0 Å². The van der Waals surface area contributed by atoms with Crippen molar-refractivity contribution in [3.63, 3.8) is 0 Å². The Balaban J connectivity index is 2.10. The molecule has 17 heavy (non-hydrogen) atoms. The monoisotopic (exact) mass is 246 g/mol. The lowest BCUT2D eigenvalue weighted by Crippen LogP contribution is -2.03. The zero-order chi connectivity index (χ0) is 12.3. The number of nitrogens with one attached hydrogen (secondary N) is 1. The third kappa shape index (κ3) is 2.98. The number of rotatable bonds is 3. The van der Waals surface area contributed by atoms with Gasteiger partial charge in [-0.1, -0.05) is 23.7 Å². The predicted octanol–water partition coefficient (Wildman–Crippen LogP) is 3.96. The van der Waals surface area contributed by atoms with E-state index in [4.69, 9.17) is 11.6 Å². The summed E-state index contributed by atoms with van der Waals surface area (Å²) < 4.78 is 0. The molecular weight excluding hydrogens is 232 g/mol. The minimum Gasteiger partial charge on any atom is -0.378 e. The lowest BCUT2D eigenvalue weighted by molar-refractivity contribution is 1.02. The summed E-state index contributed by atoms with van der Waals surface area (Å²) in [5.41, 5.74) is 4.34. The van der Waals surface area contributed by atoms with E-state index in [1.807, 2.05) is 31.2 Å². The molecule has 0 aliphatic rings. The molecule has 0 atom stereocenters. The van der Waals surface area contributed by atoms with Crippen molar-refractivity contribution in [3.05, 3.63) is 58.4 Å². The molecule has 1 aromatic heterocycles. The molecule has 3 heteroatoms. The molecule has 1 aromatic carbocycles. The maximum atomic E-state index is 6.15. The topological polar surface area (TPSA) is 24.9 Å². The van der Waals surface area contributed by atoms with Crippen molar-refractivity contribution >= 4 is 17.3 Å². The van der Waals surface area contributed by atoms with Crippen molar-refractivity contribution in [1.82, 2.24) is 4.98 Å². The van der Waals surface area contributed by atoms with Crippen LogP contribution in [0.2, 0.25) is 5.02 Å². The van der Waals surface area contributed by atoms with Crippen LogP contribution >= 0.6 is 11.6 Å². The van der Waals surface area contributed by atoms with Gasteiger partial charge in [0.05, 0.1) is 22.9 Å². The summed E-state index contributed by atoms with van der Waals surface area (Å²) in [6.07, 6.45) is 1.81. The average molecular weight is 247 g/mol. The summed E-state index contributed by atoms with van der Waals surface area (Å²) in [5, 5.41) is 4.05. The van der Waals surface area contributed by atoms with Crippen LogP contribution in [0.1, 0.15) is 16.8 Å². The van der Waals surface area contributed by atoms with Crippen LogP contribution < -0.4 is 5.32 Å². The Morgan fingerprint density at radius 2 is 2.06 bits per heavy atom. The average Bonchev–Trinajstić information content (AvgIpc) is 2.30. The molecule has 0 fully saturated rings. The van der Waals surface area contributed by atoms with E-state index < -0.39 is 0 Å². The standard InChI is InChI=1S/C14H15ClN2/c1-10-5-6-13(12(15)8-10)17-9-14-11(2)4-3-7-16-14/h3-8,17H,9H2,1-2H3. The molecular formula is C14H15ClN2. The summed E-state index contributed by atoms with van der Waals surface area (Å²) in [7, 11) is 0. The van der Waals surface area contributed by atoms with Gasteiger partial charge in [0.15, 0.2) is 0 Å². The largest absolute Gasteiger partial charge is 0.378 e. The molecule has 0 spiro atoms. The summed E-state index contributed by atoms with van der Waals surface area (Å²) in [6.45, 7) is 4.77. The molecule has 2 rings (SSSR count). The quantitative estimate of drug-likeness (QED) is 0.887. The van der Waals surface area contributed by atoms with E-state index >= 15 is 0 Å². The van der Waals surface area contributed by atoms with Gasteiger partial charge in [0.1, 0.15) is 0 Å². The van der Waals surface area contributed by atoms with Crippen LogP contribution in [0.15, 0.2) is 36.5 Å². The number of pyridine rings is 1. The second-order valence-electron chi connectivity index (χ2n) is 4.10. The normalized spacial score (nSPS) is 10.3. The van der Waals surface area contributed by atoms with Gasteiger partial charge >= 0.3 is 0 Å². The van der Waals surface area contributed by atoms with Gasteiger partial charge in [0.25, 0.3) is 0 Å². The molecule has 0 unspecified atom stereocenters. The predicted molar refractivity (Wildman–Crippen MR) is 72.5 cm³/mol. The number of nitrogens with zero attached hydrogens (tertiary/aromatic N) is 1. The van der Waals surface area contributed by atoms with Gasteiger partial charge in [0, 0.05) is 6.20 Å². The maximum Gasteiger partial charge on any atom is 0.0640 e. The Kier molecular flexibility index (Phi) is 3.64. The van der Waals surface area contributed by atoms with Crippen LogP contribution in [-0.4, -0.2) is 4.98 Å². The minimum absolute atomic E-state index is 0.690. The van der Waals surface area contributed by atoms with E-state index in [1.165, 1.54) is 5.56 Å². The van der Waals surface area contributed by atoms with Gasteiger partial charge in [0.2, 0.25) is 0 Å². The Morgan fingerprint density at radius 1 is 1.24 bits per heavy atom. The van der Waals surface area contributed by atoms with Gasteiger partial charge in [-0.15, -0.1) is 0 Å². The molecule has 0 bridgehead atoms. The van der Waals surface area contributed by atoms with Crippen LogP contribution in [0, 0.1) is 13.8 Å². The van der Waals surface area contributed by atoms with E-state index in [2.05, 4.69) is 23.3 Å². The third-order valence-corrected chi connectivity index (χ3v) is 3.00. The number of halogens is 1. The molecule has 0 saturated heterocycles. The molecule has 0 aliphatic heterocycles. The zero-order valence-corrected chi connectivity index (χ0v) is 10.8. The van der Waals surface area contributed by atoms with E-state index in [1.54, 1.807) is 6.20 Å². The van der Waals surface area contributed by atoms with Crippen molar-refractivity contribution in [2.75, 3.05) is 5.32 Å². The molecule has 2 aromatic rings. The number of aryl methyl sites for hydroxylation is 2. The second kappa shape index (κ2) is 5.19. The zero-order valence-electron chi connectivity index (χ0n) is 10.00. The fourth-order valence-electron chi connectivity index (χ4n) is 1.65. The van der Waals surface area contributed by atoms with Crippen molar-refractivity contribution in [2.24, 2.45) is 0 Å². The van der Waals surface area contributed by atoms with Crippen molar-refractivity contribution in [3.8, 4) is 0 Å². The van der Waals surface area contributed by atoms with Gasteiger partial charge in [-0.2, -0.15) is 0 Å². The molecule has 2 nitrogen and oxygen atoms in total. The molecule has 1 heterocycles. The Morgan fingerprint density at radius 3 is 2.76 bits per heavy atom. The smallest absolute Gasteiger partial charge is 0.0640 e. The first kappa shape index (κ1) is 11.9. The first-order chi connectivity index (χ1) is 8.16. The fraction of sp³-hybridized carbons (Fsp3) is 0.214. The summed E-state index contributed by atoms with van der Waals surface area (Å²) >= 11 is 6.15. The molecule has 1 N–H and O–H groups in total. The Bertz CT molecular complexity index is 523. The van der Waals surface area contributed by atoms with Crippen LogP contribution in [0.25, 0.3) is 0 Å². The van der Waals surface area contributed by atoms with E-state index in [9.17, 15) is 0 Å². The number of aromatic nitrogens is 1. The SMILES string of the molecule is Cc1ccc(NCc2ncccc2C)c(Cl)c1. The van der Waals surface area contributed by atoms with Crippen LogP contribution in [0.4, 0.5) is 5.69 Å². The van der Waals surface area contributed by atoms with E-state index in [-0.39, 0.29) is 0 Å². The van der Waals surface area contributed by atoms with Gasteiger partial charge in [-0.3, -0.25) is 4.98 Å². The minimum atomic E-state index is 0.690. The second-order valence-corrected chi connectivity index (χ2v) is 4.51. The number of hydrogen-bond donors (Lipinski definition) is 1. The fourth-order valence-corrected chi connectivity index (χ4v) is 1.95. The molecule has 0 amide bonds.